The minimum atomic E-state index is -0.665. The second-order valence-electron chi connectivity index (χ2n) is 9.40. The maximum Gasteiger partial charge on any atom is 0.508 e. The minimum Gasteiger partial charge on any atom is -0.431 e. The van der Waals surface area contributed by atoms with Gasteiger partial charge in [0.25, 0.3) is 0 Å². The number of carbonyl (C=O) groups excluding carboxylic acids is 2. The van der Waals surface area contributed by atoms with E-state index in [1.165, 1.54) is 0 Å². The molecule has 4 atom stereocenters. The summed E-state index contributed by atoms with van der Waals surface area (Å²) < 4.78 is 21.5. The van der Waals surface area contributed by atoms with E-state index in [2.05, 4.69) is 0 Å². The Labute approximate surface area is 157 Å². The molecule has 0 bridgehead atoms. The highest BCUT2D eigenvalue weighted by molar-refractivity contribution is 5.61. The molecular weight excluding hydrogens is 336 g/mol. The zero-order chi connectivity index (χ0) is 20.1. The fourth-order valence-electron chi connectivity index (χ4n) is 2.29. The van der Waals surface area contributed by atoms with Crippen molar-refractivity contribution >= 4 is 12.3 Å². The van der Waals surface area contributed by atoms with Crippen LogP contribution in [0, 0.1) is 10.8 Å². The molecule has 0 aromatic carbocycles. The highest BCUT2D eigenvalue weighted by Crippen LogP contribution is 2.27. The Balaban J connectivity index is 2.44. The summed E-state index contributed by atoms with van der Waals surface area (Å²) in [6, 6.07) is 0. The van der Waals surface area contributed by atoms with Gasteiger partial charge in [0.1, 0.15) is 24.4 Å². The Hall–Kier alpha value is -1.46. The van der Waals surface area contributed by atoms with Crippen molar-refractivity contribution < 1.29 is 28.5 Å². The Morgan fingerprint density at radius 1 is 0.769 bits per heavy atom. The third kappa shape index (κ3) is 7.83. The van der Waals surface area contributed by atoms with Crippen LogP contribution < -0.4 is 0 Å². The highest BCUT2D eigenvalue weighted by Gasteiger charge is 2.31. The molecule has 0 saturated heterocycles. The van der Waals surface area contributed by atoms with Crippen molar-refractivity contribution in [3.8, 4) is 0 Å². The van der Waals surface area contributed by atoms with Crippen LogP contribution in [0.25, 0.3) is 0 Å². The van der Waals surface area contributed by atoms with E-state index >= 15 is 0 Å². The van der Waals surface area contributed by atoms with E-state index in [9.17, 15) is 9.59 Å². The number of rotatable bonds is 4. The van der Waals surface area contributed by atoms with Gasteiger partial charge in [-0.1, -0.05) is 41.5 Å². The van der Waals surface area contributed by atoms with E-state index in [0.29, 0.717) is 6.42 Å². The summed E-state index contributed by atoms with van der Waals surface area (Å²) in [7, 11) is 0. The van der Waals surface area contributed by atoms with Gasteiger partial charge in [-0.15, -0.1) is 0 Å². The average molecular weight is 373 g/mol. The molecular formula is C20H36O6. The van der Waals surface area contributed by atoms with E-state index in [0.717, 1.165) is 19.3 Å². The van der Waals surface area contributed by atoms with Gasteiger partial charge < -0.3 is 18.9 Å². The lowest BCUT2D eigenvalue weighted by atomic mass is 9.90. The van der Waals surface area contributed by atoms with Crippen LogP contribution in [0.1, 0.15) is 81.1 Å². The fourth-order valence-corrected chi connectivity index (χ4v) is 2.29. The van der Waals surface area contributed by atoms with Crippen molar-refractivity contribution in [2.24, 2.45) is 10.8 Å². The molecule has 6 heteroatoms. The van der Waals surface area contributed by atoms with Crippen LogP contribution >= 0.6 is 0 Å². The van der Waals surface area contributed by atoms with Gasteiger partial charge in [-0.2, -0.15) is 0 Å². The standard InChI is InChI=1S/C20H36O6/c1-13(19(3,4)5)23-17(21)25-15-10-9-11-16(12-15)26-18(22)24-14(2)20(6,7)8/h13-16H,9-12H2,1-8H3. The summed E-state index contributed by atoms with van der Waals surface area (Å²) >= 11 is 0. The molecule has 0 N–H and O–H groups in total. The van der Waals surface area contributed by atoms with Crippen molar-refractivity contribution in [3.05, 3.63) is 0 Å². The topological polar surface area (TPSA) is 71.1 Å². The summed E-state index contributed by atoms with van der Waals surface area (Å²) in [5, 5.41) is 0. The van der Waals surface area contributed by atoms with Gasteiger partial charge in [-0.25, -0.2) is 9.59 Å². The van der Waals surface area contributed by atoms with E-state index in [4.69, 9.17) is 18.9 Å². The molecule has 6 nitrogen and oxygen atoms in total. The average Bonchev–Trinajstić information content (AvgIpc) is 2.45. The third-order valence-electron chi connectivity index (χ3n) is 5.09. The summed E-state index contributed by atoms with van der Waals surface area (Å²) in [6.07, 6.45) is 0.335. The van der Waals surface area contributed by atoms with Crippen LogP contribution in [0.2, 0.25) is 0 Å². The van der Waals surface area contributed by atoms with Gasteiger partial charge >= 0.3 is 12.3 Å². The van der Waals surface area contributed by atoms with Crippen LogP contribution in [-0.4, -0.2) is 36.7 Å². The summed E-state index contributed by atoms with van der Waals surface area (Å²) in [6.45, 7) is 15.7. The van der Waals surface area contributed by atoms with Gasteiger partial charge in [0.05, 0.1) is 0 Å². The molecule has 0 aromatic rings. The lowest BCUT2D eigenvalue weighted by Crippen LogP contribution is -2.35. The molecule has 1 saturated carbocycles. The van der Waals surface area contributed by atoms with Gasteiger partial charge in [0.15, 0.2) is 0 Å². The van der Waals surface area contributed by atoms with Crippen molar-refractivity contribution in [1.82, 2.24) is 0 Å². The first kappa shape index (κ1) is 22.6. The van der Waals surface area contributed by atoms with E-state index in [1.54, 1.807) is 0 Å². The second kappa shape index (κ2) is 8.96. The highest BCUT2D eigenvalue weighted by atomic mass is 16.7. The van der Waals surface area contributed by atoms with E-state index in [1.807, 2.05) is 55.4 Å². The lowest BCUT2D eigenvalue weighted by Gasteiger charge is -2.31. The van der Waals surface area contributed by atoms with Crippen LogP contribution in [0.3, 0.4) is 0 Å². The molecule has 26 heavy (non-hydrogen) atoms. The number of hydrogen-bond acceptors (Lipinski definition) is 6. The van der Waals surface area contributed by atoms with Crippen LogP contribution in [0.5, 0.6) is 0 Å². The van der Waals surface area contributed by atoms with Crippen LogP contribution in [0.4, 0.5) is 9.59 Å². The third-order valence-corrected chi connectivity index (χ3v) is 5.09. The predicted octanol–water partition coefficient (Wildman–Crippen LogP) is 5.47. The molecule has 4 unspecified atom stereocenters. The lowest BCUT2D eigenvalue weighted by molar-refractivity contribution is -0.0638. The summed E-state index contributed by atoms with van der Waals surface area (Å²) in [5.74, 6) is 0. The zero-order valence-electron chi connectivity index (χ0n) is 17.6. The van der Waals surface area contributed by atoms with Gasteiger partial charge in [-0.05, 0) is 43.9 Å². The molecule has 0 amide bonds. The molecule has 0 spiro atoms. The molecule has 0 aliphatic heterocycles. The maximum atomic E-state index is 12.0. The normalized spacial score (nSPS) is 23.5. The molecule has 0 heterocycles. The van der Waals surface area contributed by atoms with Gasteiger partial charge in [0.2, 0.25) is 0 Å². The van der Waals surface area contributed by atoms with Crippen LogP contribution in [0.15, 0.2) is 0 Å². The molecule has 1 fully saturated rings. The summed E-state index contributed by atoms with van der Waals surface area (Å²) in [5.41, 5.74) is -0.296. The number of ether oxygens (including phenoxy) is 4. The van der Waals surface area contributed by atoms with E-state index in [-0.39, 0.29) is 35.2 Å². The smallest absolute Gasteiger partial charge is 0.431 e. The predicted molar refractivity (Wildman–Crippen MR) is 99.0 cm³/mol. The quantitative estimate of drug-likeness (QED) is 0.609. The Morgan fingerprint density at radius 3 is 1.42 bits per heavy atom. The first-order valence-electron chi connectivity index (χ1n) is 9.53. The van der Waals surface area contributed by atoms with Crippen LogP contribution in [-0.2, 0) is 18.9 Å². The molecule has 1 rings (SSSR count). The Kier molecular flexibility index (Phi) is 7.78. The molecule has 1 aliphatic carbocycles. The Bertz CT molecular complexity index is 432. The van der Waals surface area contributed by atoms with Crippen molar-refractivity contribution in [2.75, 3.05) is 0 Å². The minimum absolute atomic E-state index is 0.148. The summed E-state index contributed by atoms with van der Waals surface area (Å²) in [4.78, 5) is 24.0. The van der Waals surface area contributed by atoms with E-state index < -0.39 is 12.3 Å². The Morgan fingerprint density at radius 2 is 1.12 bits per heavy atom. The van der Waals surface area contributed by atoms with Gasteiger partial charge in [-0.3, -0.25) is 0 Å². The van der Waals surface area contributed by atoms with Gasteiger partial charge in [0, 0.05) is 6.42 Å². The molecule has 0 aromatic heterocycles. The number of carbonyl (C=O) groups is 2. The fraction of sp³-hybridized carbons (Fsp3) is 0.900. The largest absolute Gasteiger partial charge is 0.508 e. The van der Waals surface area contributed by atoms with Crippen molar-refractivity contribution in [3.63, 3.8) is 0 Å². The monoisotopic (exact) mass is 372 g/mol. The number of hydrogen-bond donors (Lipinski definition) is 0. The molecule has 152 valence electrons. The van der Waals surface area contributed by atoms with Crippen molar-refractivity contribution in [2.45, 2.75) is 105 Å². The zero-order valence-corrected chi connectivity index (χ0v) is 17.6. The first-order chi connectivity index (χ1) is 11.8. The first-order valence-corrected chi connectivity index (χ1v) is 9.53. The molecule has 0 radical (unpaired) electrons. The maximum absolute atomic E-state index is 12.0. The second-order valence-corrected chi connectivity index (χ2v) is 9.40. The molecule has 1 aliphatic rings. The SMILES string of the molecule is CC(OC(=O)OC1CCCC(OC(=O)OC(C)C(C)(C)C)C1)C(C)(C)C. The van der Waals surface area contributed by atoms with Crippen molar-refractivity contribution in [1.29, 1.82) is 0 Å².